The van der Waals surface area contributed by atoms with Gasteiger partial charge in [0.2, 0.25) is 0 Å². The van der Waals surface area contributed by atoms with Gasteiger partial charge in [-0.3, -0.25) is 4.79 Å². The summed E-state index contributed by atoms with van der Waals surface area (Å²) in [5.74, 6) is -0.0947. The molecule has 4 heteroatoms. The van der Waals surface area contributed by atoms with Gasteiger partial charge in [-0.25, -0.2) is 0 Å². The molecule has 0 bridgehead atoms. The predicted molar refractivity (Wildman–Crippen MR) is 86.2 cm³/mol. The van der Waals surface area contributed by atoms with Crippen LogP contribution in [0.15, 0.2) is 48.5 Å². The fourth-order valence-corrected chi connectivity index (χ4v) is 2.22. The van der Waals surface area contributed by atoms with Gasteiger partial charge in [-0.15, -0.1) is 0 Å². The maximum absolute atomic E-state index is 12.7. The van der Waals surface area contributed by atoms with Crippen LogP contribution in [0.4, 0.5) is 0 Å². The van der Waals surface area contributed by atoms with Crippen LogP contribution in [0.3, 0.4) is 0 Å². The van der Waals surface area contributed by atoms with Crippen molar-refractivity contribution in [3.8, 4) is 0 Å². The minimum absolute atomic E-state index is 0.0677. The summed E-state index contributed by atoms with van der Waals surface area (Å²) in [6, 6.07) is 13.9. The minimum atomic E-state index is -0.650. The Kier molecular flexibility index (Phi) is 5.40. The zero-order valence-corrected chi connectivity index (χ0v) is 13.4. The van der Waals surface area contributed by atoms with Crippen LogP contribution in [0, 0.1) is 0 Å². The standard InChI is InChI=1S/C17H16Cl2O2/c1-11(2)21-17(13-5-9-15(19)10-6-13)16(20)12-3-7-14(18)8-4-12/h3-11,17H,1-2H3. The van der Waals surface area contributed by atoms with Crippen molar-refractivity contribution >= 4 is 29.0 Å². The molecule has 0 saturated carbocycles. The molecule has 2 rings (SSSR count). The molecule has 0 radical (unpaired) electrons. The Bertz CT molecular complexity index is 604. The molecule has 0 aromatic heterocycles. The number of rotatable bonds is 5. The molecular formula is C17H16Cl2O2. The highest BCUT2D eigenvalue weighted by molar-refractivity contribution is 6.31. The van der Waals surface area contributed by atoms with Crippen molar-refractivity contribution in [1.29, 1.82) is 0 Å². The molecule has 0 aliphatic rings. The molecule has 0 spiro atoms. The number of carbonyl (C=O) groups excluding carboxylic acids is 1. The zero-order valence-electron chi connectivity index (χ0n) is 11.8. The number of ketones is 1. The SMILES string of the molecule is CC(C)OC(C(=O)c1ccc(Cl)cc1)c1ccc(Cl)cc1. The molecule has 0 N–H and O–H groups in total. The van der Waals surface area contributed by atoms with Gasteiger partial charge in [-0.2, -0.15) is 0 Å². The molecule has 1 atom stereocenters. The maximum atomic E-state index is 12.7. The highest BCUT2D eigenvalue weighted by atomic mass is 35.5. The molecule has 2 aromatic rings. The first kappa shape index (κ1) is 16.0. The lowest BCUT2D eigenvalue weighted by Gasteiger charge is -2.20. The highest BCUT2D eigenvalue weighted by Crippen LogP contribution is 2.26. The number of benzene rings is 2. The van der Waals surface area contributed by atoms with E-state index in [4.69, 9.17) is 27.9 Å². The largest absolute Gasteiger partial charge is 0.363 e. The van der Waals surface area contributed by atoms with Gasteiger partial charge in [0.25, 0.3) is 0 Å². The monoisotopic (exact) mass is 322 g/mol. The predicted octanol–water partition coefficient (Wildman–Crippen LogP) is 5.34. The Balaban J connectivity index is 2.33. The molecule has 0 saturated heterocycles. The van der Waals surface area contributed by atoms with E-state index in [-0.39, 0.29) is 11.9 Å². The van der Waals surface area contributed by atoms with Crippen molar-refractivity contribution in [3.05, 3.63) is 69.7 Å². The number of halogens is 2. The summed E-state index contributed by atoms with van der Waals surface area (Å²) < 4.78 is 5.80. The van der Waals surface area contributed by atoms with E-state index in [1.807, 2.05) is 26.0 Å². The fourth-order valence-electron chi connectivity index (χ4n) is 1.97. The summed E-state index contributed by atoms with van der Waals surface area (Å²) in [5.41, 5.74) is 1.35. The van der Waals surface area contributed by atoms with E-state index in [1.54, 1.807) is 36.4 Å². The lowest BCUT2D eigenvalue weighted by Crippen LogP contribution is -2.20. The molecule has 110 valence electrons. The average Bonchev–Trinajstić information content (AvgIpc) is 2.46. The second-order valence-corrected chi connectivity index (χ2v) is 5.86. The molecule has 1 unspecified atom stereocenters. The number of hydrogen-bond donors (Lipinski definition) is 0. The van der Waals surface area contributed by atoms with Crippen LogP contribution in [-0.2, 0) is 4.74 Å². The van der Waals surface area contributed by atoms with E-state index in [9.17, 15) is 4.79 Å². The van der Waals surface area contributed by atoms with Gasteiger partial charge in [0.05, 0.1) is 6.10 Å². The van der Waals surface area contributed by atoms with Crippen LogP contribution in [0.5, 0.6) is 0 Å². The lowest BCUT2D eigenvalue weighted by molar-refractivity contribution is 0.0114. The average molecular weight is 323 g/mol. The first-order chi connectivity index (χ1) is 9.97. The summed E-state index contributed by atoms with van der Waals surface area (Å²) in [6.07, 6.45) is -0.717. The fraction of sp³-hybridized carbons (Fsp3) is 0.235. The van der Waals surface area contributed by atoms with E-state index >= 15 is 0 Å². The minimum Gasteiger partial charge on any atom is -0.363 e. The number of ether oxygens (including phenoxy) is 1. The van der Waals surface area contributed by atoms with Crippen molar-refractivity contribution in [2.75, 3.05) is 0 Å². The van der Waals surface area contributed by atoms with Crippen molar-refractivity contribution in [2.45, 2.75) is 26.1 Å². The van der Waals surface area contributed by atoms with E-state index in [0.717, 1.165) is 5.56 Å². The summed E-state index contributed by atoms with van der Waals surface area (Å²) in [6.45, 7) is 3.80. The van der Waals surface area contributed by atoms with Crippen LogP contribution in [0.25, 0.3) is 0 Å². The zero-order chi connectivity index (χ0) is 15.4. The summed E-state index contributed by atoms with van der Waals surface area (Å²) >= 11 is 11.8. The van der Waals surface area contributed by atoms with Gasteiger partial charge in [0, 0.05) is 15.6 Å². The van der Waals surface area contributed by atoms with E-state index < -0.39 is 6.10 Å². The molecule has 0 heterocycles. The Morgan fingerprint density at radius 1 is 0.905 bits per heavy atom. The molecule has 0 amide bonds. The van der Waals surface area contributed by atoms with E-state index in [1.165, 1.54) is 0 Å². The van der Waals surface area contributed by atoms with Crippen molar-refractivity contribution in [1.82, 2.24) is 0 Å². The smallest absolute Gasteiger partial charge is 0.196 e. The van der Waals surface area contributed by atoms with Gasteiger partial charge in [-0.05, 0) is 55.8 Å². The van der Waals surface area contributed by atoms with E-state index in [2.05, 4.69) is 0 Å². The van der Waals surface area contributed by atoms with Gasteiger partial charge in [0.1, 0.15) is 6.10 Å². The second-order valence-electron chi connectivity index (χ2n) is 4.99. The quantitative estimate of drug-likeness (QED) is 0.694. The summed E-state index contributed by atoms with van der Waals surface area (Å²) in [4.78, 5) is 12.7. The van der Waals surface area contributed by atoms with Crippen molar-refractivity contribution < 1.29 is 9.53 Å². The van der Waals surface area contributed by atoms with Crippen LogP contribution >= 0.6 is 23.2 Å². The molecule has 0 fully saturated rings. The van der Waals surface area contributed by atoms with E-state index in [0.29, 0.717) is 15.6 Å². The Hall–Kier alpha value is -1.35. The summed E-state index contributed by atoms with van der Waals surface area (Å²) in [7, 11) is 0. The first-order valence-electron chi connectivity index (χ1n) is 6.68. The Labute approximate surface area is 134 Å². The Morgan fingerprint density at radius 2 is 1.38 bits per heavy atom. The second kappa shape index (κ2) is 7.08. The number of hydrogen-bond acceptors (Lipinski definition) is 2. The third-order valence-electron chi connectivity index (χ3n) is 2.95. The van der Waals surface area contributed by atoms with Gasteiger partial charge < -0.3 is 4.74 Å². The lowest BCUT2D eigenvalue weighted by atomic mass is 9.99. The van der Waals surface area contributed by atoms with Gasteiger partial charge in [0.15, 0.2) is 5.78 Å². The molecule has 0 aliphatic heterocycles. The molecule has 21 heavy (non-hydrogen) atoms. The summed E-state index contributed by atoms with van der Waals surface area (Å²) in [5, 5.41) is 1.22. The molecule has 0 aliphatic carbocycles. The maximum Gasteiger partial charge on any atom is 0.196 e. The normalized spacial score (nSPS) is 12.4. The van der Waals surface area contributed by atoms with Gasteiger partial charge >= 0.3 is 0 Å². The Morgan fingerprint density at radius 3 is 1.86 bits per heavy atom. The first-order valence-corrected chi connectivity index (χ1v) is 7.43. The van der Waals surface area contributed by atoms with Crippen molar-refractivity contribution in [2.24, 2.45) is 0 Å². The van der Waals surface area contributed by atoms with Crippen LogP contribution in [-0.4, -0.2) is 11.9 Å². The number of carbonyl (C=O) groups is 1. The van der Waals surface area contributed by atoms with Crippen molar-refractivity contribution in [3.63, 3.8) is 0 Å². The van der Waals surface area contributed by atoms with Crippen LogP contribution < -0.4 is 0 Å². The highest BCUT2D eigenvalue weighted by Gasteiger charge is 2.24. The third-order valence-corrected chi connectivity index (χ3v) is 3.45. The molecule has 2 aromatic carbocycles. The third kappa shape index (κ3) is 4.31. The van der Waals surface area contributed by atoms with Crippen LogP contribution in [0.2, 0.25) is 10.0 Å². The number of Topliss-reactive ketones (excluding diaryl/α,β-unsaturated/α-hetero) is 1. The van der Waals surface area contributed by atoms with Crippen LogP contribution in [0.1, 0.15) is 35.9 Å². The molecule has 2 nitrogen and oxygen atoms in total. The topological polar surface area (TPSA) is 26.3 Å². The van der Waals surface area contributed by atoms with Gasteiger partial charge in [-0.1, -0.05) is 35.3 Å². The molecular weight excluding hydrogens is 307 g/mol.